The lowest BCUT2D eigenvalue weighted by atomic mass is 9.85. The number of carbonyl (C=O) groups excluding carboxylic acids is 1. The van der Waals surface area contributed by atoms with E-state index in [1.54, 1.807) is 6.82 Å². The van der Waals surface area contributed by atoms with Crippen LogP contribution in [0.25, 0.3) is 0 Å². The predicted octanol–water partition coefficient (Wildman–Crippen LogP) is -0.275. The van der Waals surface area contributed by atoms with E-state index in [4.69, 9.17) is 0 Å². The zero-order chi connectivity index (χ0) is 13.1. The molecule has 2 heterocycles. The molecule has 2 aliphatic rings. The van der Waals surface area contributed by atoms with Crippen LogP contribution in [0.5, 0.6) is 0 Å². The van der Waals surface area contributed by atoms with Gasteiger partial charge in [0.1, 0.15) is 0 Å². The van der Waals surface area contributed by atoms with E-state index in [-0.39, 0.29) is 11.9 Å². The van der Waals surface area contributed by atoms with E-state index in [0.717, 1.165) is 52.0 Å². The Bertz CT molecular complexity index is 301. The van der Waals surface area contributed by atoms with Crippen LogP contribution in [-0.4, -0.2) is 78.4 Å². The average molecular weight is 253 g/mol. The Morgan fingerprint density at radius 2 is 1.94 bits per heavy atom. The van der Waals surface area contributed by atoms with Gasteiger partial charge in [-0.1, -0.05) is 0 Å². The van der Waals surface area contributed by atoms with Crippen molar-refractivity contribution < 1.29 is 9.82 Å². The molecule has 2 rings (SSSR count). The minimum absolute atomic E-state index is 0.0862. The molecule has 5 nitrogen and oxygen atoms in total. The van der Waals surface area contributed by atoms with Crippen LogP contribution in [0.15, 0.2) is 0 Å². The third-order valence-corrected chi connectivity index (χ3v) is 4.18. The monoisotopic (exact) mass is 253 g/mol. The molecule has 2 fully saturated rings. The third-order valence-electron chi connectivity index (χ3n) is 4.18. The Labute approximate surface area is 110 Å². The van der Waals surface area contributed by atoms with Gasteiger partial charge >= 0.3 is 7.05 Å². The van der Waals surface area contributed by atoms with E-state index >= 15 is 0 Å². The molecule has 0 radical (unpaired) electrons. The fraction of sp³-hybridized carbons (Fsp3) is 0.917. The summed E-state index contributed by atoms with van der Waals surface area (Å²) in [4.78, 5) is 18.6. The molecule has 0 spiro atoms. The van der Waals surface area contributed by atoms with Crippen molar-refractivity contribution in [1.82, 2.24) is 14.6 Å². The maximum Gasteiger partial charge on any atom is 0.376 e. The van der Waals surface area contributed by atoms with Crippen molar-refractivity contribution in [3.63, 3.8) is 0 Å². The van der Waals surface area contributed by atoms with Crippen molar-refractivity contribution in [1.29, 1.82) is 0 Å². The molecule has 1 N–H and O–H groups in total. The number of hydrogen-bond acceptors (Lipinski definition) is 4. The van der Waals surface area contributed by atoms with Gasteiger partial charge in [-0.2, -0.15) is 0 Å². The van der Waals surface area contributed by atoms with Crippen molar-refractivity contribution >= 4 is 13.0 Å². The van der Waals surface area contributed by atoms with Gasteiger partial charge in [0.25, 0.3) is 0 Å². The molecule has 0 aromatic rings. The lowest BCUT2D eigenvalue weighted by Gasteiger charge is -2.27. The fourth-order valence-corrected chi connectivity index (χ4v) is 2.96. The maximum atomic E-state index is 12.4. The highest BCUT2D eigenvalue weighted by Crippen LogP contribution is 2.18. The van der Waals surface area contributed by atoms with Crippen molar-refractivity contribution in [2.45, 2.75) is 32.1 Å². The van der Waals surface area contributed by atoms with Gasteiger partial charge in [-0.05, 0) is 46.2 Å². The van der Waals surface area contributed by atoms with Gasteiger partial charge < -0.3 is 14.7 Å². The Hall–Kier alpha value is -0.585. The topological polar surface area (TPSA) is 47.0 Å². The van der Waals surface area contributed by atoms with Gasteiger partial charge in [0.15, 0.2) is 0 Å². The zero-order valence-electron chi connectivity index (χ0n) is 11.5. The highest BCUT2D eigenvalue weighted by atomic mass is 16.2. The molecule has 0 aliphatic carbocycles. The van der Waals surface area contributed by atoms with Gasteiger partial charge in [0.2, 0.25) is 5.91 Å². The third kappa shape index (κ3) is 3.05. The minimum atomic E-state index is -0.408. The molecule has 0 aromatic carbocycles. The summed E-state index contributed by atoms with van der Waals surface area (Å²) in [5.74, 6) is 0.280. The average Bonchev–Trinajstić information content (AvgIpc) is 2.63. The Morgan fingerprint density at radius 3 is 2.56 bits per heavy atom. The zero-order valence-corrected chi connectivity index (χ0v) is 11.5. The van der Waals surface area contributed by atoms with Gasteiger partial charge in [-0.25, -0.2) is 0 Å². The van der Waals surface area contributed by atoms with Crippen molar-refractivity contribution in [2.24, 2.45) is 0 Å². The number of rotatable bonds is 2. The minimum Gasteiger partial charge on any atom is -0.437 e. The first kappa shape index (κ1) is 13.8. The van der Waals surface area contributed by atoms with Crippen LogP contribution in [0.3, 0.4) is 0 Å². The summed E-state index contributed by atoms with van der Waals surface area (Å²) in [5, 5.41) is 9.59. The summed E-state index contributed by atoms with van der Waals surface area (Å²) in [6, 6.07) is 0.0862. The highest BCUT2D eigenvalue weighted by Gasteiger charge is 2.32. The molecular weight excluding hydrogens is 229 g/mol. The van der Waals surface area contributed by atoms with E-state index in [0.29, 0.717) is 0 Å². The van der Waals surface area contributed by atoms with E-state index in [9.17, 15) is 9.82 Å². The van der Waals surface area contributed by atoms with Crippen LogP contribution < -0.4 is 0 Å². The van der Waals surface area contributed by atoms with E-state index in [1.807, 2.05) is 16.8 Å². The quantitative estimate of drug-likeness (QED) is 0.688. The second-order valence-electron chi connectivity index (χ2n) is 5.49. The number of likely N-dealkylation sites (tertiary alicyclic amines) is 1. The molecule has 18 heavy (non-hydrogen) atoms. The van der Waals surface area contributed by atoms with Crippen LogP contribution in [0, 0.1) is 0 Å². The molecule has 6 heteroatoms. The summed E-state index contributed by atoms with van der Waals surface area (Å²) in [6.07, 6.45) is 3.07. The van der Waals surface area contributed by atoms with Gasteiger partial charge in [0, 0.05) is 19.6 Å². The SMILES string of the molecule is CB(O)N1CCCN(C(=O)[C@@H]2CCCN2C)CC1. The molecule has 0 saturated carbocycles. The molecular formula is C12H24BN3O2. The Morgan fingerprint density at radius 1 is 1.17 bits per heavy atom. The van der Waals surface area contributed by atoms with Crippen molar-refractivity contribution in [3.8, 4) is 0 Å². The second kappa shape index (κ2) is 6.04. The van der Waals surface area contributed by atoms with Crippen LogP contribution >= 0.6 is 0 Å². The summed E-state index contributed by atoms with van der Waals surface area (Å²) < 4.78 is 0. The summed E-state index contributed by atoms with van der Waals surface area (Å²) in [7, 11) is 1.63. The van der Waals surface area contributed by atoms with Gasteiger partial charge in [0.05, 0.1) is 6.04 Å². The lowest BCUT2D eigenvalue weighted by Crippen LogP contribution is -2.46. The van der Waals surface area contributed by atoms with Crippen molar-refractivity contribution in [3.05, 3.63) is 0 Å². The lowest BCUT2D eigenvalue weighted by molar-refractivity contribution is -0.135. The maximum absolute atomic E-state index is 12.4. The van der Waals surface area contributed by atoms with E-state index < -0.39 is 7.05 Å². The molecule has 0 bridgehead atoms. The number of hydrogen-bond donors (Lipinski definition) is 1. The van der Waals surface area contributed by atoms with Crippen LogP contribution in [-0.2, 0) is 4.79 Å². The van der Waals surface area contributed by atoms with Gasteiger partial charge in [-0.15, -0.1) is 0 Å². The highest BCUT2D eigenvalue weighted by molar-refractivity contribution is 6.45. The first-order valence-corrected chi connectivity index (χ1v) is 7.00. The first-order valence-electron chi connectivity index (χ1n) is 7.00. The largest absolute Gasteiger partial charge is 0.437 e. The number of carbonyl (C=O) groups is 1. The molecule has 1 amide bonds. The molecule has 2 aliphatic heterocycles. The smallest absolute Gasteiger partial charge is 0.376 e. The molecule has 1 atom stereocenters. The van der Waals surface area contributed by atoms with Gasteiger partial charge in [-0.3, -0.25) is 9.69 Å². The number of nitrogens with zero attached hydrogens (tertiary/aromatic N) is 3. The van der Waals surface area contributed by atoms with Crippen LogP contribution in [0.2, 0.25) is 6.82 Å². The number of likely N-dealkylation sites (N-methyl/N-ethyl adjacent to an activating group) is 1. The standard InChI is InChI=1S/C12H24BN3O2/c1-13(18)16-8-4-7-15(9-10-16)12(17)11-5-3-6-14(11)2/h11,18H,3-10H2,1-2H3/t11-/m0/s1. The van der Waals surface area contributed by atoms with Crippen LogP contribution in [0.1, 0.15) is 19.3 Å². The van der Waals surface area contributed by atoms with E-state index in [1.165, 1.54) is 0 Å². The predicted molar refractivity (Wildman–Crippen MR) is 72.3 cm³/mol. The normalized spacial score (nSPS) is 27.3. The van der Waals surface area contributed by atoms with Crippen molar-refractivity contribution in [2.75, 3.05) is 39.8 Å². The molecule has 0 aromatic heterocycles. The van der Waals surface area contributed by atoms with Crippen LogP contribution in [0.4, 0.5) is 0 Å². The summed E-state index contributed by atoms with van der Waals surface area (Å²) in [6.45, 7) is 6.05. The summed E-state index contributed by atoms with van der Waals surface area (Å²) in [5.41, 5.74) is 0. The molecule has 102 valence electrons. The molecule has 2 saturated heterocycles. The Kier molecular flexibility index (Phi) is 4.64. The fourth-order valence-electron chi connectivity index (χ4n) is 2.96. The second-order valence-corrected chi connectivity index (χ2v) is 5.49. The Balaban J connectivity index is 1.91. The number of amides is 1. The first-order chi connectivity index (χ1) is 8.59. The molecule has 0 unspecified atom stereocenters. The van der Waals surface area contributed by atoms with E-state index in [2.05, 4.69) is 4.90 Å². The summed E-state index contributed by atoms with van der Waals surface area (Å²) >= 11 is 0.